The number of hydrogen-bond donors (Lipinski definition) is 1. The molecule has 2 heterocycles. The zero-order chi connectivity index (χ0) is 13.0. The zero-order valence-corrected chi connectivity index (χ0v) is 11.7. The van der Waals surface area contributed by atoms with Gasteiger partial charge in [-0.05, 0) is 44.7 Å². The Morgan fingerprint density at radius 1 is 1.33 bits per heavy atom. The Morgan fingerprint density at radius 2 is 2.06 bits per heavy atom. The van der Waals surface area contributed by atoms with E-state index in [9.17, 15) is 4.79 Å². The van der Waals surface area contributed by atoms with E-state index >= 15 is 0 Å². The number of rotatable bonds is 4. The van der Waals surface area contributed by atoms with E-state index in [1.807, 2.05) is 4.90 Å². The Hall–Kier alpha value is -0.610. The molecule has 0 aromatic heterocycles. The molecule has 4 nitrogen and oxygen atoms in total. The van der Waals surface area contributed by atoms with Crippen molar-refractivity contribution in [2.75, 3.05) is 26.2 Å². The number of carbonyl (C=O) groups is 1. The van der Waals surface area contributed by atoms with Gasteiger partial charge in [-0.25, -0.2) is 0 Å². The monoisotopic (exact) mass is 254 g/mol. The first-order chi connectivity index (χ1) is 8.68. The van der Waals surface area contributed by atoms with Crippen LogP contribution in [0.25, 0.3) is 0 Å². The highest BCUT2D eigenvalue weighted by Gasteiger charge is 2.31. The summed E-state index contributed by atoms with van der Waals surface area (Å²) in [5.41, 5.74) is 0. The molecule has 1 unspecified atom stereocenters. The van der Waals surface area contributed by atoms with Crippen molar-refractivity contribution in [2.45, 2.75) is 51.7 Å². The fraction of sp³-hybridized carbons (Fsp3) is 0.929. The average Bonchev–Trinajstić information content (AvgIpc) is 2.86. The second-order valence-corrected chi connectivity index (χ2v) is 5.80. The molecule has 0 aliphatic carbocycles. The van der Waals surface area contributed by atoms with Crippen molar-refractivity contribution in [1.29, 1.82) is 0 Å². The number of carbonyl (C=O) groups excluding carboxylic acids is 1. The van der Waals surface area contributed by atoms with Crippen LogP contribution in [0.3, 0.4) is 0 Å². The molecule has 0 aromatic carbocycles. The summed E-state index contributed by atoms with van der Waals surface area (Å²) in [4.78, 5) is 14.2. The fourth-order valence-electron chi connectivity index (χ4n) is 3.03. The summed E-state index contributed by atoms with van der Waals surface area (Å²) >= 11 is 0. The van der Waals surface area contributed by atoms with Crippen molar-refractivity contribution in [3.05, 3.63) is 0 Å². The van der Waals surface area contributed by atoms with Gasteiger partial charge in [-0.2, -0.15) is 0 Å². The summed E-state index contributed by atoms with van der Waals surface area (Å²) in [6, 6.07) is 0.425. The number of piperidine rings is 1. The third kappa shape index (κ3) is 3.45. The molecule has 2 fully saturated rings. The van der Waals surface area contributed by atoms with Crippen LogP contribution in [-0.2, 0) is 9.53 Å². The van der Waals surface area contributed by atoms with E-state index in [2.05, 4.69) is 19.2 Å². The average molecular weight is 254 g/mol. The van der Waals surface area contributed by atoms with Gasteiger partial charge in [0.05, 0.1) is 6.10 Å². The van der Waals surface area contributed by atoms with Crippen LogP contribution in [-0.4, -0.2) is 49.2 Å². The quantitative estimate of drug-likeness (QED) is 0.824. The first-order valence-electron chi connectivity index (χ1n) is 7.30. The molecular formula is C14H26N2O2. The predicted octanol–water partition coefficient (Wildman–Crippen LogP) is 1.40. The van der Waals surface area contributed by atoms with Crippen LogP contribution >= 0.6 is 0 Å². The van der Waals surface area contributed by atoms with Crippen molar-refractivity contribution >= 4 is 5.91 Å². The molecule has 4 heteroatoms. The van der Waals surface area contributed by atoms with Crippen LogP contribution in [0.4, 0.5) is 0 Å². The van der Waals surface area contributed by atoms with Gasteiger partial charge in [-0.1, -0.05) is 13.8 Å². The van der Waals surface area contributed by atoms with Crippen molar-refractivity contribution < 1.29 is 9.53 Å². The summed E-state index contributed by atoms with van der Waals surface area (Å²) in [5, 5.41) is 3.30. The highest BCUT2D eigenvalue weighted by atomic mass is 16.5. The van der Waals surface area contributed by atoms with E-state index in [0.29, 0.717) is 12.0 Å². The van der Waals surface area contributed by atoms with Crippen LogP contribution in [0.1, 0.15) is 39.5 Å². The molecule has 0 radical (unpaired) electrons. The molecule has 2 aliphatic rings. The number of likely N-dealkylation sites (tertiary alicyclic amines) is 1. The maximum atomic E-state index is 12.2. The van der Waals surface area contributed by atoms with Crippen molar-refractivity contribution in [1.82, 2.24) is 10.2 Å². The number of nitrogens with zero attached hydrogens (tertiary/aromatic N) is 1. The molecule has 18 heavy (non-hydrogen) atoms. The maximum Gasteiger partial charge on any atom is 0.248 e. The van der Waals surface area contributed by atoms with Crippen molar-refractivity contribution in [2.24, 2.45) is 5.92 Å². The lowest BCUT2D eigenvalue weighted by atomic mass is 10.0. The molecule has 2 saturated heterocycles. The van der Waals surface area contributed by atoms with Crippen LogP contribution in [0, 0.1) is 5.92 Å². The lowest BCUT2D eigenvalue weighted by Gasteiger charge is -2.29. The molecular weight excluding hydrogens is 228 g/mol. The lowest BCUT2D eigenvalue weighted by Crippen LogP contribution is -2.42. The van der Waals surface area contributed by atoms with Gasteiger partial charge in [0.2, 0.25) is 5.91 Å². The molecule has 0 saturated carbocycles. The third-order valence-electron chi connectivity index (χ3n) is 4.12. The van der Waals surface area contributed by atoms with Crippen LogP contribution in [0.5, 0.6) is 0 Å². The van der Waals surface area contributed by atoms with Crippen molar-refractivity contribution in [3.8, 4) is 0 Å². The van der Waals surface area contributed by atoms with E-state index in [0.717, 1.165) is 45.3 Å². The van der Waals surface area contributed by atoms with Gasteiger partial charge in [0.1, 0.15) is 6.61 Å². The molecule has 2 rings (SSSR count). The molecule has 1 N–H and O–H groups in total. The number of ether oxygens (including phenoxy) is 1. The molecule has 0 bridgehead atoms. The van der Waals surface area contributed by atoms with Crippen LogP contribution in [0.2, 0.25) is 0 Å². The Labute approximate surface area is 110 Å². The van der Waals surface area contributed by atoms with Gasteiger partial charge in [0, 0.05) is 12.6 Å². The van der Waals surface area contributed by atoms with Gasteiger partial charge >= 0.3 is 0 Å². The maximum absolute atomic E-state index is 12.2. The van der Waals surface area contributed by atoms with E-state index in [1.165, 1.54) is 0 Å². The van der Waals surface area contributed by atoms with E-state index in [-0.39, 0.29) is 18.6 Å². The van der Waals surface area contributed by atoms with Gasteiger partial charge in [-0.15, -0.1) is 0 Å². The minimum atomic E-state index is 0.185. The second kappa shape index (κ2) is 6.53. The predicted molar refractivity (Wildman–Crippen MR) is 71.4 cm³/mol. The summed E-state index contributed by atoms with van der Waals surface area (Å²) in [6.45, 7) is 7.60. The summed E-state index contributed by atoms with van der Waals surface area (Å²) in [6.07, 6.45) is 4.62. The van der Waals surface area contributed by atoms with Gasteiger partial charge < -0.3 is 15.0 Å². The standard InChI is InChI=1S/C14H26N2O2/c1-11(2)13-4-3-9-16(13)14(17)10-18-12-5-7-15-8-6-12/h11-13,15H,3-10H2,1-2H3. The van der Waals surface area contributed by atoms with E-state index in [4.69, 9.17) is 4.74 Å². The molecule has 0 aromatic rings. The summed E-state index contributed by atoms with van der Waals surface area (Å²) < 4.78 is 5.75. The smallest absolute Gasteiger partial charge is 0.248 e. The van der Waals surface area contributed by atoms with Crippen LogP contribution in [0.15, 0.2) is 0 Å². The van der Waals surface area contributed by atoms with Gasteiger partial charge in [0.25, 0.3) is 0 Å². The Morgan fingerprint density at radius 3 is 2.72 bits per heavy atom. The fourth-order valence-corrected chi connectivity index (χ4v) is 3.03. The van der Waals surface area contributed by atoms with Crippen LogP contribution < -0.4 is 5.32 Å². The topological polar surface area (TPSA) is 41.6 Å². The van der Waals surface area contributed by atoms with Gasteiger partial charge in [0.15, 0.2) is 0 Å². The molecule has 1 atom stereocenters. The number of amides is 1. The van der Waals surface area contributed by atoms with E-state index in [1.54, 1.807) is 0 Å². The first-order valence-corrected chi connectivity index (χ1v) is 7.30. The third-order valence-corrected chi connectivity index (χ3v) is 4.12. The SMILES string of the molecule is CC(C)C1CCCN1C(=O)COC1CCNCC1. The van der Waals surface area contributed by atoms with Gasteiger partial charge in [-0.3, -0.25) is 4.79 Å². The summed E-state index contributed by atoms with van der Waals surface area (Å²) in [7, 11) is 0. The highest BCUT2D eigenvalue weighted by Crippen LogP contribution is 2.23. The number of hydrogen-bond acceptors (Lipinski definition) is 3. The Bertz CT molecular complexity index is 275. The van der Waals surface area contributed by atoms with E-state index < -0.39 is 0 Å². The Balaban J connectivity index is 1.76. The lowest BCUT2D eigenvalue weighted by molar-refractivity contribution is -0.140. The molecule has 104 valence electrons. The highest BCUT2D eigenvalue weighted by molar-refractivity contribution is 5.78. The number of nitrogens with one attached hydrogen (secondary N) is 1. The first kappa shape index (κ1) is 13.8. The molecule has 0 spiro atoms. The molecule has 2 aliphatic heterocycles. The second-order valence-electron chi connectivity index (χ2n) is 5.80. The Kier molecular flexibility index (Phi) is 5.01. The normalized spacial score (nSPS) is 25.9. The molecule has 1 amide bonds. The van der Waals surface area contributed by atoms with Crippen molar-refractivity contribution in [3.63, 3.8) is 0 Å². The zero-order valence-electron chi connectivity index (χ0n) is 11.7. The summed E-state index contributed by atoms with van der Waals surface area (Å²) in [5.74, 6) is 0.736. The largest absolute Gasteiger partial charge is 0.368 e. The minimum absolute atomic E-state index is 0.185. The minimum Gasteiger partial charge on any atom is -0.368 e.